The van der Waals surface area contributed by atoms with Crippen molar-refractivity contribution < 1.29 is 0 Å². The minimum atomic E-state index is 1.09. The molecule has 1 aliphatic heterocycles. The Balaban J connectivity index is 2.57. The first-order chi connectivity index (χ1) is 4.88. The maximum Gasteiger partial charge on any atom is 0.113 e. The van der Waals surface area contributed by atoms with E-state index in [1.807, 2.05) is 6.20 Å². The Morgan fingerprint density at radius 1 is 1.60 bits per heavy atom. The number of fused-ring (bicyclic) bond motifs is 1. The van der Waals surface area contributed by atoms with Gasteiger partial charge in [-0.05, 0) is 13.3 Å². The minimum absolute atomic E-state index is 1.09. The average Bonchev–Trinajstić information content (AvgIpc) is 2.34. The van der Waals surface area contributed by atoms with Crippen LogP contribution in [0.5, 0.6) is 0 Å². The zero-order valence-corrected chi connectivity index (χ0v) is 6.04. The van der Waals surface area contributed by atoms with Crippen molar-refractivity contribution in [2.24, 2.45) is 0 Å². The van der Waals surface area contributed by atoms with Gasteiger partial charge in [0.15, 0.2) is 0 Å². The van der Waals surface area contributed by atoms with Crippen molar-refractivity contribution >= 4 is 6.20 Å². The first-order valence-electron chi connectivity index (χ1n) is 3.57. The van der Waals surface area contributed by atoms with E-state index in [-0.39, 0.29) is 0 Å². The van der Waals surface area contributed by atoms with Crippen LogP contribution in [0.3, 0.4) is 0 Å². The molecule has 1 aliphatic rings. The van der Waals surface area contributed by atoms with Crippen LogP contribution in [0.15, 0.2) is 12.3 Å². The fourth-order valence-corrected chi connectivity index (χ4v) is 1.28. The molecule has 10 heavy (non-hydrogen) atoms. The summed E-state index contributed by atoms with van der Waals surface area (Å²) in [4.78, 5) is 4.27. The average molecular weight is 134 g/mol. The molecule has 0 radical (unpaired) electrons. The van der Waals surface area contributed by atoms with E-state index >= 15 is 0 Å². The number of allylic oxidation sites excluding steroid dienone is 1. The predicted molar refractivity (Wildman–Crippen MR) is 40.6 cm³/mol. The van der Waals surface area contributed by atoms with E-state index in [1.54, 1.807) is 0 Å². The predicted octanol–water partition coefficient (Wildman–Crippen LogP) is 1.61. The van der Waals surface area contributed by atoms with Crippen LogP contribution in [0.4, 0.5) is 0 Å². The third-order valence-corrected chi connectivity index (χ3v) is 1.85. The lowest BCUT2D eigenvalue weighted by Crippen LogP contribution is -2.01. The van der Waals surface area contributed by atoms with Gasteiger partial charge in [-0.15, -0.1) is 0 Å². The third kappa shape index (κ3) is 0.685. The van der Waals surface area contributed by atoms with Crippen molar-refractivity contribution in [3.8, 4) is 0 Å². The van der Waals surface area contributed by atoms with Crippen LogP contribution in [0.2, 0.25) is 0 Å². The van der Waals surface area contributed by atoms with E-state index in [0.717, 1.165) is 12.8 Å². The molecule has 0 saturated carbocycles. The first kappa shape index (κ1) is 5.71. The maximum absolute atomic E-state index is 4.27. The molecule has 0 spiro atoms. The fraction of sp³-hybridized carbons (Fsp3) is 0.375. The Morgan fingerprint density at radius 2 is 2.50 bits per heavy atom. The second-order valence-electron chi connectivity index (χ2n) is 2.61. The Labute approximate surface area is 60.2 Å². The maximum atomic E-state index is 4.27. The number of imidazole rings is 1. The van der Waals surface area contributed by atoms with Gasteiger partial charge in [-0.3, -0.25) is 0 Å². The summed E-state index contributed by atoms with van der Waals surface area (Å²) < 4.78 is 2.14. The molecule has 2 nitrogen and oxygen atoms in total. The highest BCUT2D eigenvalue weighted by Crippen LogP contribution is 2.12. The zero-order valence-electron chi connectivity index (χ0n) is 6.04. The van der Waals surface area contributed by atoms with E-state index in [4.69, 9.17) is 0 Å². The number of hydrogen-bond donors (Lipinski definition) is 0. The second-order valence-corrected chi connectivity index (χ2v) is 2.61. The SMILES string of the molecule is Cc1cnc2n1C=CCC2. The summed E-state index contributed by atoms with van der Waals surface area (Å²) in [5, 5.41) is 0. The zero-order chi connectivity index (χ0) is 6.97. The quantitative estimate of drug-likeness (QED) is 0.527. The summed E-state index contributed by atoms with van der Waals surface area (Å²) >= 11 is 0. The Kier molecular flexibility index (Phi) is 1.13. The van der Waals surface area contributed by atoms with Gasteiger partial charge in [0.2, 0.25) is 0 Å². The van der Waals surface area contributed by atoms with E-state index in [2.05, 4.69) is 28.8 Å². The topological polar surface area (TPSA) is 17.8 Å². The molecule has 2 heteroatoms. The monoisotopic (exact) mass is 134 g/mol. The standard InChI is InChI=1S/C8H10N2/c1-7-6-9-8-4-2-3-5-10(7)8/h3,5-6H,2,4H2,1H3. The summed E-state index contributed by atoms with van der Waals surface area (Å²) in [6.45, 7) is 2.08. The number of rotatable bonds is 0. The fourth-order valence-electron chi connectivity index (χ4n) is 1.28. The number of nitrogens with zero attached hydrogens (tertiary/aromatic N) is 2. The summed E-state index contributed by atoms with van der Waals surface area (Å²) in [5.74, 6) is 1.19. The lowest BCUT2D eigenvalue weighted by atomic mass is 10.2. The van der Waals surface area contributed by atoms with Crippen molar-refractivity contribution in [2.45, 2.75) is 19.8 Å². The highest BCUT2D eigenvalue weighted by Gasteiger charge is 2.05. The van der Waals surface area contributed by atoms with Gasteiger partial charge >= 0.3 is 0 Å². The van der Waals surface area contributed by atoms with Crippen LogP contribution < -0.4 is 0 Å². The largest absolute Gasteiger partial charge is 0.308 e. The third-order valence-electron chi connectivity index (χ3n) is 1.85. The molecule has 0 bridgehead atoms. The molecular weight excluding hydrogens is 124 g/mol. The molecule has 0 N–H and O–H groups in total. The Morgan fingerprint density at radius 3 is 3.30 bits per heavy atom. The highest BCUT2D eigenvalue weighted by molar-refractivity contribution is 5.31. The number of aromatic nitrogens is 2. The van der Waals surface area contributed by atoms with E-state index in [1.165, 1.54) is 11.5 Å². The highest BCUT2D eigenvalue weighted by atomic mass is 15.1. The van der Waals surface area contributed by atoms with Crippen LogP contribution >= 0.6 is 0 Å². The van der Waals surface area contributed by atoms with Gasteiger partial charge in [-0.2, -0.15) is 0 Å². The van der Waals surface area contributed by atoms with Crippen LogP contribution in [0.25, 0.3) is 6.20 Å². The van der Waals surface area contributed by atoms with Crippen molar-refractivity contribution in [1.29, 1.82) is 0 Å². The van der Waals surface area contributed by atoms with E-state index in [0.29, 0.717) is 0 Å². The molecule has 0 atom stereocenters. The van der Waals surface area contributed by atoms with Crippen LogP contribution in [0, 0.1) is 6.92 Å². The van der Waals surface area contributed by atoms with Crippen LogP contribution in [-0.4, -0.2) is 9.55 Å². The molecule has 2 heterocycles. The normalized spacial score (nSPS) is 15.3. The van der Waals surface area contributed by atoms with Gasteiger partial charge in [0.05, 0.1) is 0 Å². The molecular formula is C8H10N2. The smallest absolute Gasteiger partial charge is 0.113 e. The van der Waals surface area contributed by atoms with Gasteiger partial charge in [0, 0.05) is 24.5 Å². The van der Waals surface area contributed by atoms with Crippen molar-refractivity contribution in [2.75, 3.05) is 0 Å². The van der Waals surface area contributed by atoms with Crippen molar-refractivity contribution in [1.82, 2.24) is 9.55 Å². The summed E-state index contributed by atoms with van der Waals surface area (Å²) in [6, 6.07) is 0. The lowest BCUT2D eigenvalue weighted by molar-refractivity contribution is 0.827. The van der Waals surface area contributed by atoms with E-state index < -0.39 is 0 Å². The Hall–Kier alpha value is -1.05. The molecule has 2 rings (SSSR count). The van der Waals surface area contributed by atoms with Crippen LogP contribution in [-0.2, 0) is 6.42 Å². The summed E-state index contributed by atoms with van der Waals surface area (Å²) in [7, 11) is 0. The summed E-state index contributed by atoms with van der Waals surface area (Å²) in [6.07, 6.45) is 8.43. The number of aryl methyl sites for hydroxylation is 2. The van der Waals surface area contributed by atoms with E-state index in [9.17, 15) is 0 Å². The molecule has 0 aromatic carbocycles. The van der Waals surface area contributed by atoms with Gasteiger partial charge in [-0.1, -0.05) is 6.08 Å². The van der Waals surface area contributed by atoms with Gasteiger partial charge in [0.25, 0.3) is 0 Å². The van der Waals surface area contributed by atoms with Gasteiger partial charge in [0.1, 0.15) is 5.82 Å². The summed E-state index contributed by atoms with van der Waals surface area (Å²) in [5.41, 5.74) is 1.23. The van der Waals surface area contributed by atoms with Crippen molar-refractivity contribution in [3.05, 3.63) is 23.8 Å². The molecule has 0 amide bonds. The second kappa shape index (κ2) is 1.97. The van der Waals surface area contributed by atoms with Crippen molar-refractivity contribution in [3.63, 3.8) is 0 Å². The van der Waals surface area contributed by atoms with Gasteiger partial charge in [-0.25, -0.2) is 4.98 Å². The molecule has 1 aromatic rings. The minimum Gasteiger partial charge on any atom is -0.308 e. The lowest BCUT2D eigenvalue weighted by Gasteiger charge is -2.07. The Bertz CT molecular complexity index is 271. The first-order valence-corrected chi connectivity index (χ1v) is 3.57. The molecule has 0 saturated heterocycles. The molecule has 0 aliphatic carbocycles. The molecule has 0 fully saturated rings. The molecule has 52 valence electrons. The molecule has 0 unspecified atom stereocenters. The van der Waals surface area contributed by atoms with Gasteiger partial charge < -0.3 is 4.57 Å². The molecule has 1 aromatic heterocycles. The van der Waals surface area contributed by atoms with Crippen LogP contribution in [0.1, 0.15) is 17.9 Å². The number of hydrogen-bond acceptors (Lipinski definition) is 1.